The highest BCUT2D eigenvalue weighted by Gasteiger charge is 2.51. The minimum absolute atomic E-state index is 0.0442. The summed E-state index contributed by atoms with van der Waals surface area (Å²) >= 11 is 0. The van der Waals surface area contributed by atoms with Crippen LogP contribution in [0, 0.1) is 0 Å². The first kappa shape index (κ1) is 41.3. The van der Waals surface area contributed by atoms with Gasteiger partial charge in [-0.3, -0.25) is 0 Å². The van der Waals surface area contributed by atoms with Crippen LogP contribution in [-0.2, 0) is 0 Å². The van der Waals surface area contributed by atoms with E-state index in [1.54, 1.807) is 0 Å². The van der Waals surface area contributed by atoms with Gasteiger partial charge < -0.3 is 24.5 Å². The van der Waals surface area contributed by atoms with Gasteiger partial charge in [0.25, 0.3) is 13.4 Å². The highest BCUT2D eigenvalue weighted by molar-refractivity contribution is 7.04. The molecule has 4 aliphatic rings. The molecule has 0 aliphatic carbocycles. The molecule has 11 aromatic carbocycles. The molecule has 4 heterocycles. The fraction of sp³-hybridized carbons (Fsp3) is 0. The molecule has 5 nitrogen and oxygen atoms in total. The van der Waals surface area contributed by atoms with Crippen molar-refractivity contribution in [2.75, 3.05) is 24.5 Å². The van der Waals surface area contributed by atoms with Crippen molar-refractivity contribution in [1.82, 2.24) is 0 Å². The van der Waals surface area contributed by atoms with Crippen molar-refractivity contribution < 1.29 is 0 Å². The van der Waals surface area contributed by atoms with E-state index in [-0.39, 0.29) is 13.4 Å². The van der Waals surface area contributed by atoms with Crippen LogP contribution in [0.15, 0.2) is 273 Å². The van der Waals surface area contributed by atoms with Crippen LogP contribution in [0.25, 0.3) is 0 Å². The molecule has 73 heavy (non-hydrogen) atoms. The van der Waals surface area contributed by atoms with Gasteiger partial charge in [0, 0.05) is 79.6 Å². The highest BCUT2D eigenvalue weighted by Crippen LogP contribution is 2.51. The molecule has 0 atom stereocenters. The SMILES string of the molecule is c1ccc(N(c2ccccc2)c2ccc3c(c2)N2c4cc(N(c5ccccc5)c5ccccc5)cc5c4B(c4ccccc4N5c4ccccc4)c4ccc5c(c42)B3c2ccccc2N5c2ccccc2)cc1. The summed E-state index contributed by atoms with van der Waals surface area (Å²) in [5.74, 6) is 0. The first-order valence-electron chi connectivity index (χ1n) is 25.3. The predicted molar refractivity (Wildman–Crippen MR) is 309 cm³/mol. The van der Waals surface area contributed by atoms with E-state index in [2.05, 4.69) is 297 Å². The average molecular weight is 930 g/mol. The normalized spacial score (nSPS) is 13.1. The Balaban J connectivity index is 1.09. The second-order valence-corrected chi connectivity index (χ2v) is 19.3. The van der Waals surface area contributed by atoms with Gasteiger partial charge >= 0.3 is 0 Å². The Morgan fingerprint density at radius 1 is 0.233 bits per heavy atom. The molecule has 0 N–H and O–H groups in total. The Kier molecular flexibility index (Phi) is 9.39. The van der Waals surface area contributed by atoms with Gasteiger partial charge in [-0.15, -0.1) is 0 Å². The van der Waals surface area contributed by atoms with Crippen LogP contribution in [0.4, 0.5) is 85.3 Å². The molecule has 0 aromatic heterocycles. The van der Waals surface area contributed by atoms with E-state index in [0.29, 0.717) is 0 Å². The van der Waals surface area contributed by atoms with E-state index in [1.165, 1.54) is 66.9 Å². The van der Waals surface area contributed by atoms with Crippen molar-refractivity contribution >= 4 is 132 Å². The summed E-state index contributed by atoms with van der Waals surface area (Å²) < 4.78 is 0. The van der Waals surface area contributed by atoms with Gasteiger partial charge in [0.05, 0.1) is 5.69 Å². The maximum Gasteiger partial charge on any atom is 0.252 e. The lowest BCUT2D eigenvalue weighted by Crippen LogP contribution is -2.68. The van der Waals surface area contributed by atoms with Gasteiger partial charge in [-0.1, -0.05) is 158 Å². The van der Waals surface area contributed by atoms with Crippen LogP contribution in [0.3, 0.4) is 0 Å². The zero-order valence-corrected chi connectivity index (χ0v) is 39.9. The zero-order chi connectivity index (χ0) is 48.0. The second kappa shape index (κ2) is 16.6. The third-order valence-corrected chi connectivity index (χ3v) is 15.3. The van der Waals surface area contributed by atoms with Crippen molar-refractivity contribution in [2.45, 2.75) is 0 Å². The minimum atomic E-state index is -0.0634. The molecular weight excluding hydrogens is 884 g/mol. The fourth-order valence-electron chi connectivity index (χ4n) is 12.5. The first-order valence-corrected chi connectivity index (χ1v) is 25.3. The van der Waals surface area contributed by atoms with E-state index in [1.807, 2.05) is 0 Å². The molecular formula is C66H45B2N5. The number of para-hydroxylation sites is 8. The van der Waals surface area contributed by atoms with Crippen molar-refractivity contribution in [1.29, 1.82) is 0 Å². The Hall–Kier alpha value is -9.45. The Bertz CT molecular complexity index is 3820. The van der Waals surface area contributed by atoms with Crippen LogP contribution in [0.1, 0.15) is 0 Å². The van der Waals surface area contributed by atoms with Crippen molar-refractivity contribution in [3.05, 3.63) is 273 Å². The van der Waals surface area contributed by atoms with E-state index in [9.17, 15) is 0 Å². The molecule has 0 radical (unpaired) electrons. The molecule has 0 saturated heterocycles. The first-order chi connectivity index (χ1) is 36.3. The summed E-state index contributed by atoms with van der Waals surface area (Å²) in [5.41, 5.74) is 24.9. The zero-order valence-electron chi connectivity index (χ0n) is 39.9. The van der Waals surface area contributed by atoms with Crippen molar-refractivity contribution in [2.24, 2.45) is 0 Å². The molecule has 0 saturated carbocycles. The summed E-state index contributed by atoms with van der Waals surface area (Å²) in [6, 6.07) is 100. The Morgan fingerprint density at radius 3 is 1.11 bits per heavy atom. The Morgan fingerprint density at radius 2 is 0.603 bits per heavy atom. The minimum Gasteiger partial charge on any atom is -0.312 e. The quantitative estimate of drug-likeness (QED) is 0.141. The highest BCUT2D eigenvalue weighted by atomic mass is 15.2. The second-order valence-electron chi connectivity index (χ2n) is 19.3. The standard InChI is InChI=1S/C66H45B2N5/c1-7-23-46(24-8-1)69(47-25-9-2-10-26-47)52-39-40-56-61(43-52)73-63-45-53(70(48-27-11-3-12-28-48)49-29-13-4-14-30-49)44-62-64(63)68(55-36-20-22-38-59(55)72(62)51-33-17-6-18-34-51)57-41-42-60-65(66(57)73)67(56)54-35-19-21-37-58(54)71(60)50-31-15-5-16-32-50/h1-45H. The topological polar surface area (TPSA) is 16.2 Å². The molecule has 0 unspecified atom stereocenters. The number of benzene rings is 11. The molecule has 0 spiro atoms. The van der Waals surface area contributed by atoms with Gasteiger partial charge in [-0.25, -0.2) is 0 Å². The fourth-order valence-corrected chi connectivity index (χ4v) is 12.5. The number of nitrogens with zero attached hydrogens (tertiary/aromatic N) is 5. The summed E-state index contributed by atoms with van der Waals surface area (Å²) in [7, 11) is 0. The van der Waals surface area contributed by atoms with Gasteiger partial charge in [0.2, 0.25) is 0 Å². The number of rotatable bonds is 8. The van der Waals surface area contributed by atoms with E-state index >= 15 is 0 Å². The maximum atomic E-state index is 2.67. The summed E-state index contributed by atoms with van der Waals surface area (Å²) in [6.07, 6.45) is 0. The summed E-state index contributed by atoms with van der Waals surface area (Å²) in [6.45, 7) is -0.108. The van der Waals surface area contributed by atoms with Crippen LogP contribution < -0.4 is 57.3 Å². The van der Waals surface area contributed by atoms with Gasteiger partial charge in [0.15, 0.2) is 0 Å². The molecule has 0 fully saturated rings. The van der Waals surface area contributed by atoms with Gasteiger partial charge in [0.1, 0.15) is 0 Å². The van der Waals surface area contributed by atoms with E-state index in [4.69, 9.17) is 0 Å². The molecule has 11 aromatic rings. The van der Waals surface area contributed by atoms with Crippen molar-refractivity contribution in [3.8, 4) is 0 Å². The molecule has 15 rings (SSSR count). The molecule has 0 bridgehead atoms. The third kappa shape index (κ3) is 6.32. The lowest BCUT2D eigenvalue weighted by Gasteiger charge is -2.50. The molecule has 4 aliphatic heterocycles. The van der Waals surface area contributed by atoms with Gasteiger partial charge in [-0.2, -0.15) is 0 Å². The van der Waals surface area contributed by atoms with E-state index in [0.717, 1.165) is 51.2 Å². The van der Waals surface area contributed by atoms with Crippen LogP contribution in [0.2, 0.25) is 0 Å². The van der Waals surface area contributed by atoms with E-state index < -0.39 is 0 Å². The molecule has 7 heteroatoms. The largest absolute Gasteiger partial charge is 0.312 e. The van der Waals surface area contributed by atoms with Gasteiger partial charge in [-0.05, 0) is 148 Å². The number of hydrogen-bond donors (Lipinski definition) is 0. The smallest absolute Gasteiger partial charge is 0.252 e. The monoisotopic (exact) mass is 929 g/mol. The summed E-state index contributed by atoms with van der Waals surface area (Å²) in [5, 5.41) is 0. The number of anilines is 15. The lowest BCUT2D eigenvalue weighted by atomic mass is 9.29. The predicted octanol–water partition coefficient (Wildman–Crippen LogP) is 13.3. The maximum absolute atomic E-state index is 2.67. The third-order valence-electron chi connectivity index (χ3n) is 15.3. The molecule has 340 valence electrons. The van der Waals surface area contributed by atoms with Crippen LogP contribution >= 0.6 is 0 Å². The number of fused-ring (bicyclic) bond motifs is 9. The van der Waals surface area contributed by atoms with Crippen LogP contribution in [-0.4, -0.2) is 13.4 Å². The average Bonchev–Trinajstić information content (AvgIpc) is 3.46. The Labute approximate surface area is 426 Å². The van der Waals surface area contributed by atoms with Crippen molar-refractivity contribution in [3.63, 3.8) is 0 Å². The lowest BCUT2D eigenvalue weighted by molar-refractivity contribution is 1.22. The number of hydrogen-bond acceptors (Lipinski definition) is 5. The molecule has 0 amide bonds. The van der Waals surface area contributed by atoms with Crippen LogP contribution in [0.5, 0.6) is 0 Å². The summed E-state index contributed by atoms with van der Waals surface area (Å²) in [4.78, 5) is 12.5.